The lowest BCUT2D eigenvalue weighted by molar-refractivity contribution is -0.104. The van der Waals surface area contributed by atoms with Crippen molar-refractivity contribution in [3.05, 3.63) is 28.7 Å². The number of pyridine rings is 1. The zero-order valence-corrected chi connectivity index (χ0v) is 8.64. The number of nitrogen functional groups attached to an aromatic ring is 1. The molecular weight excluding hydrogens is 226 g/mol. The molecule has 6 heteroatoms. The van der Waals surface area contributed by atoms with E-state index in [1.165, 1.54) is 16.8 Å². The molecule has 0 atom stereocenters. The summed E-state index contributed by atoms with van der Waals surface area (Å²) in [6.07, 6.45) is 0.964. The molecule has 1 heterocycles. The maximum absolute atomic E-state index is 12.6. The number of aromatic nitrogens is 1. The summed E-state index contributed by atoms with van der Waals surface area (Å²) in [5.41, 5.74) is 5.10. The van der Waals surface area contributed by atoms with E-state index in [2.05, 4.69) is 0 Å². The number of anilines is 1. The molecule has 1 aromatic heterocycles. The molecule has 0 radical (unpaired) electrons. The summed E-state index contributed by atoms with van der Waals surface area (Å²) < 4.78 is 26.4. The Morgan fingerprint density at radius 3 is 2.60 bits per heavy atom. The molecule has 1 aliphatic carbocycles. The molecule has 1 saturated carbocycles. The van der Waals surface area contributed by atoms with E-state index in [1.54, 1.807) is 6.07 Å². The maximum atomic E-state index is 12.6. The topological polar surface area (TPSA) is 48.0 Å². The van der Waals surface area contributed by atoms with Gasteiger partial charge in [-0.15, -0.1) is 12.4 Å². The second-order valence-corrected chi connectivity index (χ2v) is 3.59. The van der Waals surface area contributed by atoms with Crippen LogP contribution >= 0.6 is 12.4 Å². The first kappa shape index (κ1) is 12.0. The molecule has 0 bridgehead atoms. The maximum Gasteiger partial charge on any atom is 0.273 e. The Labute approximate surface area is 91.3 Å². The number of alkyl halides is 2. The van der Waals surface area contributed by atoms with Gasteiger partial charge in [0.2, 0.25) is 0 Å². The number of nitrogens with two attached hydrogens (primary N) is 1. The molecule has 0 spiro atoms. The van der Waals surface area contributed by atoms with Gasteiger partial charge in [-0.3, -0.25) is 4.79 Å². The van der Waals surface area contributed by atoms with Gasteiger partial charge in [-0.05, 0) is 12.1 Å². The number of hydrogen-bond donors (Lipinski definition) is 1. The highest BCUT2D eigenvalue weighted by atomic mass is 35.5. The Balaban J connectivity index is 0.00000112. The first-order valence-corrected chi connectivity index (χ1v) is 4.34. The quantitative estimate of drug-likeness (QED) is 0.809. The minimum atomic E-state index is -2.62. The van der Waals surface area contributed by atoms with Gasteiger partial charge in [0.25, 0.3) is 11.5 Å². The molecule has 1 fully saturated rings. The summed E-state index contributed by atoms with van der Waals surface area (Å²) in [7, 11) is 0. The normalized spacial score (nSPS) is 19.1. The van der Waals surface area contributed by atoms with Crippen molar-refractivity contribution in [3.8, 4) is 0 Å². The van der Waals surface area contributed by atoms with Gasteiger partial charge < -0.3 is 10.3 Å². The van der Waals surface area contributed by atoms with E-state index in [-0.39, 0.29) is 36.5 Å². The van der Waals surface area contributed by atoms with E-state index in [4.69, 9.17) is 5.73 Å². The molecule has 0 unspecified atom stereocenters. The average molecular weight is 237 g/mol. The van der Waals surface area contributed by atoms with Crippen LogP contribution in [0.15, 0.2) is 23.1 Å². The lowest BCUT2D eigenvalue weighted by atomic mass is 9.88. The summed E-state index contributed by atoms with van der Waals surface area (Å²) >= 11 is 0. The molecule has 0 aromatic carbocycles. The van der Waals surface area contributed by atoms with E-state index in [0.29, 0.717) is 0 Å². The predicted molar refractivity (Wildman–Crippen MR) is 55.6 cm³/mol. The third-order valence-electron chi connectivity index (χ3n) is 2.47. The standard InChI is InChI=1S/C9H10F2N2O.ClH/c10-9(11)4-6(5-9)13-3-1-2-7(12)8(13)14;/h1-3,6H,4-5,12H2;1H. The van der Waals surface area contributed by atoms with Gasteiger partial charge in [0.1, 0.15) is 0 Å². The van der Waals surface area contributed by atoms with Crippen molar-refractivity contribution in [2.24, 2.45) is 0 Å². The molecule has 1 aliphatic rings. The van der Waals surface area contributed by atoms with Crippen molar-refractivity contribution in [2.75, 3.05) is 5.73 Å². The van der Waals surface area contributed by atoms with Crippen molar-refractivity contribution in [2.45, 2.75) is 24.8 Å². The van der Waals surface area contributed by atoms with Gasteiger partial charge in [0.05, 0.1) is 5.69 Å². The molecule has 0 amide bonds. The molecule has 1 aromatic rings. The van der Waals surface area contributed by atoms with Crippen molar-refractivity contribution in [3.63, 3.8) is 0 Å². The SMILES string of the molecule is Cl.Nc1cccn(C2CC(F)(F)C2)c1=O. The van der Waals surface area contributed by atoms with Crippen LogP contribution in [0.2, 0.25) is 0 Å². The highest BCUT2D eigenvalue weighted by Gasteiger charge is 2.46. The van der Waals surface area contributed by atoms with Crippen LogP contribution in [-0.4, -0.2) is 10.5 Å². The van der Waals surface area contributed by atoms with Crippen LogP contribution in [0, 0.1) is 0 Å². The lowest BCUT2D eigenvalue weighted by Gasteiger charge is -2.36. The Bertz CT molecular complexity index is 411. The van der Waals surface area contributed by atoms with Crippen LogP contribution in [0.3, 0.4) is 0 Å². The van der Waals surface area contributed by atoms with Gasteiger partial charge in [-0.2, -0.15) is 0 Å². The fourth-order valence-electron chi connectivity index (χ4n) is 1.64. The molecule has 0 saturated heterocycles. The highest BCUT2D eigenvalue weighted by molar-refractivity contribution is 5.85. The van der Waals surface area contributed by atoms with Crippen molar-refractivity contribution in [1.82, 2.24) is 4.57 Å². The summed E-state index contributed by atoms with van der Waals surface area (Å²) in [5.74, 6) is -2.62. The summed E-state index contributed by atoms with van der Waals surface area (Å²) in [6.45, 7) is 0. The Hall–Kier alpha value is -1.10. The third-order valence-corrected chi connectivity index (χ3v) is 2.47. The van der Waals surface area contributed by atoms with Crippen molar-refractivity contribution < 1.29 is 8.78 Å². The first-order valence-electron chi connectivity index (χ1n) is 4.34. The van der Waals surface area contributed by atoms with E-state index in [9.17, 15) is 13.6 Å². The van der Waals surface area contributed by atoms with Gasteiger partial charge in [-0.25, -0.2) is 8.78 Å². The second-order valence-electron chi connectivity index (χ2n) is 3.59. The third kappa shape index (κ3) is 2.12. The lowest BCUT2D eigenvalue weighted by Crippen LogP contribution is -2.41. The Morgan fingerprint density at radius 2 is 2.07 bits per heavy atom. The molecule has 15 heavy (non-hydrogen) atoms. The summed E-state index contributed by atoms with van der Waals surface area (Å²) in [4.78, 5) is 11.4. The van der Waals surface area contributed by atoms with Gasteiger partial charge >= 0.3 is 0 Å². The zero-order valence-electron chi connectivity index (χ0n) is 7.82. The Morgan fingerprint density at radius 1 is 1.47 bits per heavy atom. The van der Waals surface area contributed by atoms with Crippen molar-refractivity contribution in [1.29, 1.82) is 0 Å². The number of nitrogens with zero attached hydrogens (tertiary/aromatic N) is 1. The van der Waals surface area contributed by atoms with Crippen LogP contribution in [-0.2, 0) is 0 Å². The van der Waals surface area contributed by atoms with E-state index in [0.717, 1.165) is 0 Å². The number of halogens is 3. The minimum absolute atomic E-state index is 0. The summed E-state index contributed by atoms with van der Waals surface area (Å²) in [6, 6.07) is 2.66. The van der Waals surface area contributed by atoms with Crippen LogP contribution < -0.4 is 11.3 Å². The smallest absolute Gasteiger partial charge is 0.273 e. The van der Waals surface area contributed by atoms with Gasteiger partial charge in [-0.1, -0.05) is 0 Å². The average Bonchev–Trinajstić information content (AvgIpc) is 2.06. The zero-order chi connectivity index (χ0) is 10.3. The molecule has 0 aliphatic heterocycles. The van der Waals surface area contributed by atoms with E-state index < -0.39 is 12.0 Å². The van der Waals surface area contributed by atoms with Crippen LogP contribution in [0.4, 0.5) is 14.5 Å². The van der Waals surface area contributed by atoms with Crippen molar-refractivity contribution >= 4 is 18.1 Å². The van der Waals surface area contributed by atoms with Crippen LogP contribution in [0.1, 0.15) is 18.9 Å². The summed E-state index contributed by atoms with van der Waals surface area (Å²) in [5, 5.41) is 0. The number of hydrogen-bond acceptors (Lipinski definition) is 2. The molecule has 2 N–H and O–H groups in total. The first-order chi connectivity index (χ1) is 6.49. The van der Waals surface area contributed by atoms with Gasteiger partial charge in [0, 0.05) is 25.1 Å². The molecular formula is C9H11ClF2N2O. The largest absolute Gasteiger partial charge is 0.394 e. The van der Waals surface area contributed by atoms with E-state index >= 15 is 0 Å². The highest BCUT2D eigenvalue weighted by Crippen LogP contribution is 2.44. The van der Waals surface area contributed by atoms with Crippen LogP contribution in [0.25, 0.3) is 0 Å². The fraction of sp³-hybridized carbons (Fsp3) is 0.444. The Kier molecular flexibility index (Phi) is 3.04. The monoisotopic (exact) mass is 236 g/mol. The predicted octanol–water partition coefficient (Wildman–Crippen LogP) is 1.82. The number of rotatable bonds is 1. The molecule has 3 nitrogen and oxygen atoms in total. The molecule has 2 rings (SSSR count). The minimum Gasteiger partial charge on any atom is -0.394 e. The second kappa shape index (κ2) is 3.81. The fourth-order valence-corrected chi connectivity index (χ4v) is 1.64. The van der Waals surface area contributed by atoms with Gasteiger partial charge in [0.15, 0.2) is 0 Å². The van der Waals surface area contributed by atoms with E-state index in [1.807, 2.05) is 0 Å². The molecule has 84 valence electrons. The van der Waals surface area contributed by atoms with Crippen LogP contribution in [0.5, 0.6) is 0 Å².